The summed E-state index contributed by atoms with van der Waals surface area (Å²) in [6, 6.07) is -1.09. The molecule has 0 aliphatic heterocycles. The third-order valence-electron chi connectivity index (χ3n) is 4.24. The highest BCUT2D eigenvalue weighted by Gasteiger charge is 2.43. The lowest BCUT2D eigenvalue weighted by Gasteiger charge is -2.32. The van der Waals surface area contributed by atoms with Crippen LogP contribution in [0.1, 0.15) is 52.4 Å². The molecular formula is C14H24N2O5. The number of carbonyl (C=O) groups is 3. The quantitative estimate of drug-likeness (QED) is 0.332. The summed E-state index contributed by atoms with van der Waals surface area (Å²) in [7, 11) is 0. The van der Waals surface area contributed by atoms with Gasteiger partial charge in [0.2, 0.25) is 5.91 Å². The Bertz CT molecular complexity index is 406. The zero-order valence-electron chi connectivity index (χ0n) is 12.5. The van der Waals surface area contributed by atoms with Gasteiger partial charge >= 0.3 is 5.97 Å². The van der Waals surface area contributed by atoms with Gasteiger partial charge in [-0.1, -0.05) is 32.1 Å². The Kier molecular flexibility index (Phi) is 6.14. The Balaban J connectivity index is 2.83. The van der Waals surface area contributed by atoms with Crippen molar-refractivity contribution in [2.45, 2.75) is 58.4 Å². The minimum absolute atomic E-state index is 0.229. The van der Waals surface area contributed by atoms with Crippen LogP contribution in [0.15, 0.2) is 0 Å². The number of hydroxylamine groups is 1. The minimum Gasteiger partial charge on any atom is -0.480 e. The third-order valence-corrected chi connectivity index (χ3v) is 4.24. The normalized spacial score (nSPS) is 20.1. The van der Waals surface area contributed by atoms with E-state index in [0.29, 0.717) is 6.42 Å². The van der Waals surface area contributed by atoms with E-state index in [4.69, 9.17) is 10.3 Å². The first-order valence-corrected chi connectivity index (χ1v) is 7.29. The zero-order valence-corrected chi connectivity index (χ0v) is 12.5. The number of nitrogens with one attached hydrogen (secondary N) is 2. The first-order valence-electron chi connectivity index (χ1n) is 7.29. The van der Waals surface area contributed by atoms with E-state index in [1.807, 2.05) is 0 Å². The predicted molar refractivity (Wildman–Crippen MR) is 74.5 cm³/mol. The van der Waals surface area contributed by atoms with Gasteiger partial charge in [-0.05, 0) is 26.2 Å². The third kappa shape index (κ3) is 4.42. The molecule has 2 atom stereocenters. The monoisotopic (exact) mass is 300 g/mol. The highest BCUT2D eigenvalue weighted by atomic mass is 16.5. The molecule has 1 fully saturated rings. The van der Waals surface area contributed by atoms with Crippen LogP contribution in [0.2, 0.25) is 0 Å². The molecule has 7 nitrogen and oxygen atoms in total. The molecule has 0 aromatic carbocycles. The fraction of sp³-hybridized carbons (Fsp3) is 0.786. The zero-order chi connectivity index (χ0) is 16.0. The van der Waals surface area contributed by atoms with Crippen molar-refractivity contribution in [2.24, 2.45) is 11.3 Å². The van der Waals surface area contributed by atoms with Gasteiger partial charge in [0.05, 0.1) is 0 Å². The number of rotatable bonds is 6. The largest absolute Gasteiger partial charge is 0.480 e. The summed E-state index contributed by atoms with van der Waals surface area (Å²) < 4.78 is 0. The maximum absolute atomic E-state index is 12.3. The summed E-state index contributed by atoms with van der Waals surface area (Å²) >= 11 is 0. The van der Waals surface area contributed by atoms with Gasteiger partial charge in [0, 0.05) is 0 Å². The number of hydrogen-bond donors (Lipinski definition) is 4. The van der Waals surface area contributed by atoms with E-state index in [-0.39, 0.29) is 5.92 Å². The number of carboxylic acids is 1. The summed E-state index contributed by atoms with van der Waals surface area (Å²) in [5.74, 6) is -2.42. The van der Waals surface area contributed by atoms with E-state index in [0.717, 1.165) is 32.1 Å². The average molecular weight is 300 g/mol. The van der Waals surface area contributed by atoms with Crippen LogP contribution in [-0.4, -0.2) is 34.1 Å². The van der Waals surface area contributed by atoms with Crippen molar-refractivity contribution >= 4 is 17.8 Å². The minimum atomic E-state index is -1.47. The molecule has 1 aliphatic rings. The fourth-order valence-electron chi connectivity index (χ4n) is 2.80. The Labute approximate surface area is 124 Å². The average Bonchev–Trinajstić information content (AvgIpc) is 2.46. The van der Waals surface area contributed by atoms with E-state index in [1.54, 1.807) is 0 Å². The first-order chi connectivity index (χ1) is 9.81. The highest BCUT2D eigenvalue weighted by Crippen LogP contribution is 2.35. The Morgan fingerprint density at radius 1 is 1.19 bits per heavy atom. The maximum Gasteiger partial charge on any atom is 0.325 e. The van der Waals surface area contributed by atoms with E-state index in [9.17, 15) is 14.4 Å². The molecule has 0 aromatic heterocycles. The molecule has 1 saturated carbocycles. The molecule has 7 heteroatoms. The number of aliphatic carboxylic acids is 1. The smallest absolute Gasteiger partial charge is 0.325 e. The molecule has 4 N–H and O–H groups in total. The maximum atomic E-state index is 12.3. The number of carbonyl (C=O) groups excluding carboxylic acids is 2. The molecule has 0 aromatic rings. The van der Waals surface area contributed by atoms with E-state index >= 15 is 0 Å². The lowest BCUT2D eigenvalue weighted by molar-refractivity contribution is -0.152. The van der Waals surface area contributed by atoms with Gasteiger partial charge in [0.1, 0.15) is 11.5 Å². The van der Waals surface area contributed by atoms with Crippen molar-refractivity contribution in [3.63, 3.8) is 0 Å². The molecule has 0 bridgehead atoms. The van der Waals surface area contributed by atoms with Gasteiger partial charge in [-0.25, -0.2) is 5.48 Å². The molecular weight excluding hydrogens is 276 g/mol. The Morgan fingerprint density at radius 3 is 2.24 bits per heavy atom. The predicted octanol–water partition coefficient (Wildman–Crippen LogP) is 1.06. The summed E-state index contributed by atoms with van der Waals surface area (Å²) in [6.45, 7) is 2.77. The summed E-state index contributed by atoms with van der Waals surface area (Å²) in [5, 5.41) is 20.1. The van der Waals surface area contributed by atoms with Crippen LogP contribution in [0, 0.1) is 11.3 Å². The molecule has 120 valence electrons. The summed E-state index contributed by atoms with van der Waals surface area (Å²) in [6.07, 6.45) is 5.47. The van der Waals surface area contributed by atoms with Crippen LogP contribution in [0.3, 0.4) is 0 Å². The lowest BCUT2D eigenvalue weighted by Crippen LogP contribution is -2.53. The van der Waals surface area contributed by atoms with E-state index in [1.165, 1.54) is 19.3 Å². The summed E-state index contributed by atoms with van der Waals surface area (Å²) in [4.78, 5) is 35.1. The van der Waals surface area contributed by atoms with Crippen molar-refractivity contribution in [2.75, 3.05) is 0 Å². The molecule has 0 saturated heterocycles. The molecule has 1 unspecified atom stereocenters. The number of amides is 2. The van der Waals surface area contributed by atoms with Crippen LogP contribution in [0.25, 0.3) is 0 Å². The van der Waals surface area contributed by atoms with Gasteiger partial charge in [0.25, 0.3) is 5.91 Å². The van der Waals surface area contributed by atoms with Crippen LogP contribution < -0.4 is 10.8 Å². The van der Waals surface area contributed by atoms with Crippen molar-refractivity contribution in [1.82, 2.24) is 10.8 Å². The number of carboxylic acid groups (broad SMARTS) is 1. The van der Waals surface area contributed by atoms with Crippen LogP contribution in [0.4, 0.5) is 0 Å². The van der Waals surface area contributed by atoms with Gasteiger partial charge in [0.15, 0.2) is 0 Å². The van der Waals surface area contributed by atoms with Crippen LogP contribution >= 0.6 is 0 Å². The van der Waals surface area contributed by atoms with Gasteiger partial charge in [-0.2, -0.15) is 0 Å². The van der Waals surface area contributed by atoms with Crippen molar-refractivity contribution < 1.29 is 24.7 Å². The second kappa shape index (κ2) is 7.40. The molecule has 0 spiro atoms. The SMILES string of the molecule is C[C@H](NC(=O)C(C)(CC1CCCCC1)C(=O)NO)C(=O)O. The van der Waals surface area contributed by atoms with Gasteiger partial charge < -0.3 is 10.4 Å². The molecule has 0 radical (unpaired) electrons. The molecule has 2 amide bonds. The standard InChI is InChI=1S/C14H24N2O5/c1-9(11(17)18)15-12(19)14(2,13(20)16-21)8-10-6-4-3-5-7-10/h9-10,21H,3-8H2,1-2H3,(H,15,19)(H,16,20)(H,17,18)/t9-,14?/m0/s1. The highest BCUT2D eigenvalue weighted by molar-refractivity contribution is 6.05. The van der Waals surface area contributed by atoms with Crippen LogP contribution in [-0.2, 0) is 14.4 Å². The van der Waals surface area contributed by atoms with Crippen LogP contribution in [0.5, 0.6) is 0 Å². The van der Waals surface area contributed by atoms with E-state index < -0.39 is 29.2 Å². The Morgan fingerprint density at radius 2 is 1.76 bits per heavy atom. The van der Waals surface area contributed by atoms with Gasteiger partial charge in [-0.3, -0.25) is 19.6 Å². The second-order valence-corrected chi connectivity index (χ2v) is 6.01. The van der Waals surface area contributed by atoms with Gasteiger partial charge in [-0.15, -0.1) is 0 Å². The summed E-state index contributed by atoms with van der Waals surface area (Å²) in [5.41, 5.74) is 0.0596. The van der Waals surface area contributed by atoms with E-state index in [2.05, 4.69) is 5.32 Å². The number of hydrogen-bond acceptors (Lipinski definition) is 4. The lowest BCUT2D eigenvalue weighted by atomic mass is 9.74. The fourth-order valence-corrected chi connectivity index (χ4v) is 2.80. The Hall–Kier alpha value is -1.63. The molecule has 0 heterocycles. The van der Waals surface area contributed by atoms with Crippen molar-refractivity contribution in [3.8, 4) is 0 Å². The molecule has 21 heavy (non-hydrogen) atoms. The van der Waals surface area contributed by atoms with Crippen molar-refractivity contribution in [1.29, 1.82) is 0 Å². The van der Waals surface area contributed by atoms with Crippen molar-refractivity contribution in [3.05, 3.63) is 0 Å². The first kappa shape index (κ1) is 17.4. The molecule has 1 aliphatic carbocycles. The molecule has 1 rings (SSSR count). The second-order valence-electron chi connectivity index (χ2n) is 6.01. The topological polar surface area (TPSA) is 116 Å².